The van der Waals surface area contributed by atoms with E-state index in [1.165, 1.54) is 14.2 Å². The van der Waals surface area contributed by atoms with Crippen molar-refractivity contribution in [2.75, 3.05) is 14.2 Å². The molecule has 1 aromatic heterocycles. The quantitative estimate of drug-likeness (QED) is 0.846. The van der Waals surface area contributed by atoms with E-state index in [1.807, 2.05) is 13.8 Å². The molecule has 0 aliphatic carbocycles. The second-order valence-electron chi connectivity index (χ2n) is 4.33. The number of nitrogens with zero attached hydrogens (tertiary/aromatic N) is 2. The van der Waals surface area contributed by atoms with Crippen LogP contribution in [0.25, 0.3) is 0 Å². The van der Waals surface area contributed by atoms with Crippen molar-refractivity contribution in [2.45, 2.75) is 38.7 Å². The number of rotatable bonds is 5. The number of aromatic nitrogens is 2. The van der Waals surface area contributed by atoms with Crippen LogP contribution in [-0.4, -0.2) is 35.4 Å². The van der Waals surface area contributed by atoms with Crippen molar-refractivity contribution >= 4 is 15.9 Å². The number of aliphatic hydroxyl groups is 1. The third-order valence-corrected chi connectivity index (χ3v) is 3.19. The summed E-state index contributed by atoms with van der Waals surface area (Å²) in [4.78, 5) is 0. The Hall–Kier alpha value is -0.430. The van der Waals surface area contributed by atoms with E-state index in [9.17, 15) is 5.11 Å². The van der Waals surface area contributed by atoms with Gasteiger partial charge in [0.2, 0.25) is 0 Å². The molecule has 1 unspecified atom stereocenters. The Morgan fingerprint density at radius 2 is 1.94 bits per heavy atom. The van der Waals surface area contributed by atoms with E-state index < -0.39 is 11.9 Å². The average molecular weight is 307 g/mol. The molecule has 6 heteroatoms. The van der Waals surface area contributed by atoms with Gasteiger partial charge in [0.1, 0.15) is 0 Å². The van der Waals surface area contributed by atoms with Crippen LogP contribution >= 0.6 is 15.9 Å². The smallest absolute Gasteiger partial charge is 0.191 e. The van der Waals surface area contributed by atoms with Gasteiger partial charge in [-0.05, 0) is 36.7 Å². The molecule has 0 spiro atoms. The fourth-order valence-corrected chi connectivity index (χ4v) is 2.55. The van der Waals surface area contributed by atoms with Gasteiger partial charge in [0.15, 0.2) is 11.9 Å². The third kappa shape index (κ3) is 2.70. The molecular weight excluding hydrogens is 288 g/mol. The van der Waals surface area contributed by atoms with E-state index in [2.05, 4.69) is 21.0 Å². The van der Waals surface area contributed by atoms with Crippen LogP contribution in [0.4, 0.5) is 0 Å². The Bertz CT molecular complexity index is 373. The van der Waals surface area contributed by atoms with Crippen molar-refractivity contribution in [3.8, 4) is 0 Å². The molecule has 98 valence electrons. The van der Waals surface area contributed by atoms with Crippen LogP contribution in [0.15, 0.2) is 10.7 Å². The number of hydrogen-bond acceptors (Lipinski definition) is 4. The van der Waals surface area contributed by atoms with Gasteiger partial charge in [-0.1, -0.05) is 0 Å². The third-order valence-electron chi connectivity index (χ3n) is 2.61. The van der Waals surface area contributed by atoms with Gasteiger partial charge in [-0.2, -0.15) is 5.10 Å². The molecule has 17 heavy (non-hydrogen) atoms. The highest BCUT2D eigenvalue weighted by atomic mass is 79.9. The lowest BCUT2D eigenvalue weighted by Crippen LogP contribution is -2.41. The highest BCUT2D eigenvalue weighted by Crippen LogP contribution is 2.34. The summed E-state index contributed by atoms with van der Waals surface area (Å²) >= 11 is 3.39. The molecule has 1 atom stereocenters. The lowest BCUT2D eigenvalue weighted by atomic mass is 10.0. The molecule has 1 aromatic rings. The molecular formula is C11H19BrN2O3. The predicted octanol–water partition coefficient (Wildman–Crippen LogP) is 2.05. The van der Waals surface area contributed by atoms with Crippen molar-refractivity contribution in [1.82, 2.24) is 9.78 Å². The zero-order valence-electron chi connectivity index (χ0n) is 10.8. The van der Waals surface area contributed by atoms with Crippen LogP contribution in [0, 0.1) is 0 Å². The van der Waals surface area contributed by atoms with Gasteiger partial charge in [-0.25, -0.2) is 0 Å². The highest BCUT2D eigenvalue weighted by Gasteiger charge is 2.39. The van der Waals surface area contributed by atoms with Crippen molar-refractivity contribution in [1.29, 1.82) is 0 Å². The zero-order valence-corrected chi connectivity index (χ0v) is 12.4. The van der Waals surface area contributed by atoms with Gasteiger partial charge >= 0.3 is 0 Å². The average Bonchev–Trinajstić information content (AvgIpc) is 2.62. The summed E-state index contributed by atoms with van der Waals surface area (Å²) in [5.41, 5.74) is -0.649. The maximum atomic E-state index is 10.6. The number of halogens is 1. The van der Waals surface area contributed by atoms with E-state index in [1.54, 1.807) is 17.8 Å². The fourth-order valence-electron chi connectivity index (χ4n) is 1.87. The van der Waals surface area contributed by atoms with Gasteiger partial charge in [0, 0.05) is 20.3 Å². The van der Waals surface area contributed by atoms with Crippen LogP contribution in [0.5, 0.6) is 0 Å². The predicted molar refractivity (Wildman–Crippen MR) is 67.7 cm³/mol. The maximum absolute atomic E-state index is 10.6. The van der Waals surface area contributed by atoms with Crippen molar-refractivity contribution in [3.63, 3.8) is 0 Å². The molecule has 0 aromatic carbocycles. The summed E-state index contributed by atoms with van der Waals surface area (Å²) < 4.78 is 12.8. The second kappa shape index (κ2) is 5.48. The van der Waals surface area contributed by atoms with Crippen LogP contribution in [0.2, 0.25) is 0 Å². The molecule has 5 nitrogen and oxygen atoms in total. The standard InChI is InChI=1S/C11H19BrN2O3/c1-7(2)14-9(8(12)6-13-14)11(3,15)10(16-4)17-5/h6-7,10,15H,1-5H3. The lowest BCUT2D eigenvalue weighted by Gasteiger charge is -2.32. The number of methoxy groups -OCH3 is 2. The molecule has 0 aliphatic rings. The molecule has 0 bridgehead atoms. The van der Waals surface area contributed by atoms with Gasteiger partial charge < -0.3 is 14.6 Å². The van der Waals surface area contributed by atoms with Crippen molar-refractivity contribution in [3.05, 3.63) is 16.4 Å². The first-order valence-corrected chi connectivity index (χ1v) is 6.17. The van der Waals surface area contributed by atoms with Crippen molar-refractivity contribution < 1.29 is 14.6 Å². The van der Waals surface area contributed by atoms with Gasteiger partial charge in [0.25, 0.3) is 0 Å². The van der Waals surface area contributed by atoms with Gasteiger partial charge in [-0.3, -0.25) is 4.68 Å². The Balaban J connectivity index is 3.26. The van der Waals surface area contributed by atoms with Crippen LogP contribution in [-0.2, 0) is 15.1 Å². The van der Waals surface area contributed by atoms with Crippen LogP contribution < -0.4 is 0 Å². The second-order valence-corrected chi connectivity index (χ2v) is 5.18. The van der Waals surface area contributed by atoms with E-state index in [0.29, 0.717) is 5.69 Å². The highest BCUT2D eigenvalue weighted by molar-refractivity contribution is 9.10. The SMILES string of the molecule is COC(OC)C(C)(O)c1c(Br)cnn1C(C)C. The first kappa shape index (κ1) is 14.6. The van der Waals surface area contributed by atoms with Crippen LogP contribution in [0.3, 0.4) is 0 Å². The van der Waals surface area contributed by atoms with Gasteiger partial charge in [-0.15, -0.1) is 0 Å². The van der Waals surface area contributed by atoms with Crippen molar-refractivity contribution in [2.24, 2.45) is 0 Å². The van der Waals surface area contributed by atoms with E-state index >= 15 is 0 Å². The minimum Gasteiger partial charge on any atom is -0.378 e. The first-order chi connectivity index (χ1) is 7.86. The molecule has 1 rings (SSSR count). The molecule has 0 radical (unpaired) electrons. The maximum Gasteiger partial charge on any atom is 0.191 e. The summed E-state index contributed by atoms with van der Waals surface area (Å²) in [5.74, 6) is 0. The summed E-state index contributed by atoms with van der Waals surface area (Å²) in [6.07, 6.45) is 0.902. The Morgan fingerprint density at radius 1 is 1.41 bits per heavy atom. The Kier molecular flexibility index (Phi) is 4.71. The topological polar surface area (TPSA) is 56.5 Å². The van der Waals surface area contributed by atoms with E-state index in [-0.39, 0.29) is 6.04 Å². The largest absolute Gasteiger partial charge is 0.378 e. The molecule has 0 saturated carbocycles. The first-order valence-electron chi connectivity index (χ1n) is 5.37. The van der Waals surface area contributed by atoms with Crippen LogP contribution in [0.1, 0.15) is 32.5 Å². The minimum atomic E-state index is -1.29. The summed E-state index contributed by atoms with van der Waals surface area (Å²) in [5, 5.41) is 14.8. The van der Waals surface area contributed by atoms with E-state index in [0.717, 1.165) is 4.47 Å². The zero-order chi connectivity index (χ0) is 13.2. The minimum absolute atomic E-state index is 0.136. The van der Waals surface area contributed by atoms with Gasteiger partial charge in [0.05, 0.1) is 16.4 Å². The summed E-state index contributed by atoms with van der Waals surface area (Å²) in [6, 6.07) is 0.136. The molecule has 0 amide bonds. The number of ether oxygens (including phenoxy) is 2. The summed E-state index contributed by atoms with van der Waals surface area (Å²) in [6.45, 7) is 5.63. The molecule has 1 N–H and O–H groups in total. The molecule has 1 heterocycles. The normalized spacial score (nSPS) is 15.6. The van der Waals surface area contributed by atoms with E-state index in [4.69, 9.17) is 9.47 Å². The molecule has 0 saturated heterocycles. The molecule has 0 aliphatic heterocycles. The molecule has 0 fully saturated rings. The Labute approximate surface area is 110 Å². The number of hydrogen-bond donors (Lipinski definition) is 1. The monoisotopic (exact) mass is 306 g/mol. The lowest BCUT2D eigenvalue weighted by molar-refractivity contribution is -0.216. The Morgan fingerprint density at radius 3 is 2.35 bits per heavy atom. The summed E-state index contributed by atoms with van der Waals surface area (Å²) in [7, 11) is 2.99. The fraction of sp³-hybridized carbons (Fsp3) is 0.727.